The first-order valence-electron chi connectivity index (χ1n) is 12.5. The molecule has 4 rings (SSSR count). The van der Waals surface area contributed by atoms with E-state index in [9.17, 15) is 0 Å². The molecule has 2 atom stereocenters. The van der Waals surface area contributed by atoms with Crippen LogP contribution < -0.4 is 4.74 Å². The number of fused-ring (bicyclic) bond motifs is 1. The second-order valence-electron chi connectivity index (χ2n) is 9.66. The number of hydrogen-bond acceptors (Lipinski definition) is 3. The van der Waals surface area contributed by atoms with Crippen molar-refractivity contribution in [1.82, 2.24) is 9.80 Å². The molecule has 1 aromatic rings. The summed E-state index contributed by atoms with van der Waals surface area (Å²) in [6.45, 7) is 8.08. The molecule has 3 nitrogen and oxygen atoms in total. The molecule has 0 unspecified atom stereocenters. The van der Waals surface area contributed by atoms with Gasteiger partial charge >= 0.3 is 0 Å². The van der Waals surface area contributed by atoms with E-state index < -0.39 is 0 Å². The Balaban J connectivity index is 1.35. The summed E-state index contributed by atoms with van der Waals surface area (Å²) in [5.74, 6) is 1.95. The Morgan fingerprint density at radius 1 is 0.862 bits per heavy atom. The SMILES string of the molecule is CCCCCCOc1ccc(CN2CCN3CCC[C@@H]3[C@@H]2C2CCCCC2)cc1. The molecule has 0 spiro atoms. The zero-order valence-corrected chi connectivity index (χ0v) is 18.7. The van der Waals surface area contributed by atoms with Gasteiger partial charge in [-0.3, -0.25) is 9.80 Å². The normalized spacial score (nSPS) is 26.5. The molecule has 162 valence electrons. The number of hydrogen-bond donors (Lipinski definition) is 0. The minimum atomic E-state index is 0.779. The first-order valence-corrected chi connectivity index (χ1v) is 12.5. The number of benzene rings is 1. The van der Waals surface area contributed by atoms with Gasteiger partial charge in [0, 0.05) is 31.7 Å². The summed E-state index contributed by atoms with van der Waals surface area (Å²) < 4.78 is 5.95. The molecule has 0 amide bonds. The molecule has 1 aliphatic carbocycles. The van der Waals surface area contributed by atoms with Gasteiger partial charge in [-0.15, -0.1) is 0 Å². The molecule has 2 heterocycles. The number of piperazine rings is 1. The van der Waals surface area contributed by atoms with Crippen molar-refractivity contribution in [2.24, 2.45) is 5.92 Å². The van der Waals surface area contributed by atoms with Crippen molar-refractivity contribution < 1.29 is 4.74 Å². The van der Waals surface area contributed by atoms with Crippen LogP contribution in [0, 0.1) is 5.92 Å². The van der Waals surface area contributed by atoms with Gasteiger partial charge in [0.2, 0.25) is 0 Å². The highest BCUT2D eigenvalue weighted by Crippen LogP contribution is 2.38. The molecule has 0 aromatic heterocycles. The van der Waals surface area contributed by atoms with Gasteiger partial charge in [-0.2, -0.15) is 0 Å². The molecule has 1 saturated carbocycles. The second kappa shape index (κ2) is 10.8. The summed E-state index contributed by atoms with van der Waals surface area (Å²) in [7, 11) is 0. The van der Waals surface area contributed by atoms with Gasteiger partial charge in [0.25, 0.3) is 0 Å². The molecule has 2 saturated heterocycles. The first-order chi connectivity index (χ1) is 14.3. The summed E-state index contributed by atoms with van der Waals surface area (Å²) in [6, 6.07) is 10.6. The molecule has 3 aliphatic rings. The zero-order chi connectivity index (χ0) is 19.9. The lowest BCUT2D eigenvalue weighted by Crippen LogP contribution is -2.59. The maximum Gasteiger partial charge on any atom is 0.119 e. The predicted octanol–water partition coefficient (Wildman–Crippen LogP) is 5.87. The highest BCUT2D eigenvalue weighted by atomic mass is 16.5. The van der Waals surface area contributed by atoms with E-state index in [0.717, 1.165) is 36.9 Å². The van der Waals surface area contributed by atoms with Crippen molar-refractivity contribution in [2.75, 3.05) is 26.2 Å². The topological polar surface area (TPSA) is 15.7 Å². The van der Waals surface area contributed by atoms with Gasteiger partial charge in [0.1, 0.15) is 5.75 Å². The maximum atomic E-state index is 5.95. The van der Waals surface area contributed by atoms with Crippen molar-refractivity contribution in [3.8, 4) is 5.75 Å². The van der Waals surface area contributed by atoms with E-state index in [1.54, 1.807) is 0 Å². The number of rotatable bonds is 9. The molecule has 0 bridgehead atoms. The van der Waals surface area contributed by atoms with Crippen LogP contribution in [0.25, 0.3) is 0 Å². The smallest absolute Gasteiger partial charge is 0.119 e. The molecular weight excluding hydrogens is 356 g/mol. The minimum absolute atomic E-state index is 0.779. The number of ether oxygens (including phenoxy) is 1. The van der Waals surface area contributed by atoms with Crippen LogP contribution in [0.5, 0.6) is 5.75 Å². The third kappa shape index (κ3) is 5.55. The Morgan fingerprint density at radius 2 is 1.69 bits per heavy atom. The predicted molar refractivity (Wildman–Crippen MR) is 121 cm³/mol. The van der Waals surface area contributed by atoms with Crippen LogP contribution in [-0.4, -0.2) is 48.1 Å². The molecule has 1 aromatic carbocycles. The van der Waals surface area contributed by atoms with Crippen LogP contribution in [0.3, 0.4) is 0 Å². The van der Waals surface area contributed by atoms with E-state index in [2.05, 4.69) is 41.0 Å². The van der Waals surface area contributed by atoms with E-state index in [4.69, 9.17) is 4.74 Å². The Hall–Kier alpha value is -1.06. The highest BCUT2D eigenvalue weighted by molar-refractivity contribution is 5.27. The summed E-state index contributed by atoms with van der Waals surface area (Å²) in [6.07, 6.45) is 15.1. The lowest BCUT2D eigenvalue weighted by molar-refractivity contribution is -0.00380. The van der Waals surface area contributed by atoms with Crippen LogP contribution in [0.4, 0.5) is 0 Å². The lowest BCUT2D eigenvalue weighted by atomic mass is 9.78. The van der Waals surface area contributed by atoms with Crippen molar-refractivity contribution in [1.29, 1.82) is 0 Å². The van der Waals surface area contributed by atoms with Crippen molar-refractivity contribution in [2.45, 2.75) is 96.2 Å². The van der Waals surface area contributed by atoms with Gasteiger partial charge in [-0.1, -0.05) is 57.6 Å². The van der Waals surface area contributed by atoms with E-state index in [-0.39, 0.29) is 0 Å². The molecule has 29 heavy (non-hydrogen) atoms. The zero-order valence-electron chi connectivity index (χ0n) is 18.7. The monoisotopic (exact) mass is 398 g/mol. The summed E-state index contributed by atoms with van der Waals surface area (Å²) in [4.78, 5) is 5.66. The average molecular weight is 399 g/mol. The first kappa shape index (κ1) is 21.2. The fourth-order valence-electron chi connectivity index (χ4n) is 6.08. The average Bonchev–Trinajstić information content (AvgIpc) is 3.24. The fourth-order valence-corrected chi connectivity index (χ4v) is 6.08. The van der Waals surface area contributed by atoms with Gasteiger partial charge in [0.05, 0.1) is 6.61 Å². The van der Waals surface area contributed by atoms with Crippen LogP contribution >= 0.6 is 0 Å². The molecule has 0 radical (unpaired) electrons. The summed E-state index contributed by atoms with van der Waals surface area (Å²) in [5.41, 5.74) is 1.45. The Labute approximate surface area is 178 Å². The highest BCUT2D eigenvalue weighted by Gasteiger charge is 2.42. The summed E-state index contributed by atoms with van der Waals surface area (Å²) in [5, 5.41) is 0. The Bertz CT molecular complexity index is 595. The summed E-state index contributed by atoms with van der Waals surface area (Å²) >= 11 is 0. The third-order valence-electron chi connectivity index (χ3n) is 7.61. The van der Waals surface area contributed by atoms with E-state index in [1.165, 1.54) is 95.8 Å². The largest absolute Gasteiger partial charge is 0.494 e. The van der Waals surface area contributed by atoms with Gasteiger partial charge in [-0.05, 0) is 62.3 Å². The fraction of sp³-hybridized carbons (Fsp3) is 0.769. The quantitative estimate of drug-likeness (QED) is 0.484. The maximum absolute atomic E-state index is 5.95. The lowest BCUT2D eigenvalue weighted by Gasteiger charge is -2.49. The second-order valence-corrected chi connectivity index (χ2v) is 9.66. The molecule has 2 aliphatic heterocycles. The standard InChI is InChI=1S/C26H42N2O/c1-2-3-4-8-20-29-24-15-13-22(14-16-24)21-28-19-18-27-17-9-12-25(27)26(28)23-10-6-5-7-11-23/h13-16,23,25-26H,2-12,17-21H2,1H3/t25-,26+/m1/s1. The number of unbranched alkanes of at least 4 members (excludes halogenated alkanes) is 3. The third-order valence-corrected chi connectivity index (χ3v) is 7.61. The van der Waals surface area contributed by atoms with Crippen LogP contribution in [0.2, 0.25) is 0 Å². The van der Waals surface area contributed by atoms with Crippen LogP contribution in [0.15, 0.2) is 24.3 Å². The van der Waals surface area contributed by atoms with Crippen molar-refractivity contribution >= 4 is 0 Å². The van der Waals surface area contributed by atoms with E-state index in [0.29, 0.717) is 0 Å². The molecule has 3 fully saturated rings. The number of nitrogens with zero attached hydrogens (tertiary/aromatic N) is 2. The van der Waals surface area contributed by atoms with Gasteiger partial charge in [0.15, 0.2) is 0 Å². The van der Waals surface area contributed by atoms with Crippen LogP contribution in [0.1, 0.15) is 83.1 Å². The van der Waals surface area contributed by atoms with E-state index >= 15 is 0 Å². The molecule has 0 N–H and O–H groups in total. The van der Waals surface area contributed by atoms with E-state index in [1.807, 2.05) is 0 Å². The van der Waals surface area contributed by atoms with Crippen LogP contribution in [-0.2, 0) is 6.54 Å². The Morgan fingerprint density at radius 3 is 2.48 bits per heavy atom. The minimum Gasteiger partial charge on any atom is -0.494 e. The van der Waals surface area contributed by atoms with Gasteiger partial charge in [-0.25, -0.2) is 0 Å². The molecule has 3 heteroatoms. The Kier molecular flexibility index (Phi) is 7.90. The van der Waals surface area contributed by atoms with Crippen molar-refractivity contribution in [3.63, 3.8) is 0 Å². The van der Waals surface area contributed by atoms with Crippen molar-refractivity contribution in [3.05, 3.63) is 29.8 Å². The molecular formula is C26H42N2O. The van der Waals surface area contributed by atoms with Gasteiger partial charge < -0.3 is 4.74 Å².